The molecule has 0 fully saturated rings. The molecule has 12 nitrogen and oxygen atoms in total. The Bertz CT molecular complexity index is 3610. The lowest BCUT2D eigenvalue weighted by molar-refractivity contribution is 0.383. The van der Waals surface area contributed by atoms with Crippen LogP contribution in [0.4, 0.5) is 0 Å². The topological polar surface area (TPSA) is 131 Å². The van der Waals surface area contributed by atoms with Gasteiger partial charge < -0.3 is 14.6 Å². The second kappa shape index (κ2) is 24.6. The molecule has 0 radical (unpaired) electrons. The number of hydrogen-bond donors (Lipinski definition) is 1. The maximum absolute atomic E-state index is 11.1. The Morgan fingerprint density at radius 2 is 0.646 bits per heavy atom. The second-order valence-corrected chi connectivity index (χ2v) is 27.3. The van der Waals surface area contributed by atoms with Gasteiger partial charge in [0.05, 0.1) is 14.2 Å². The largest absolute Gasteiger partial charge is 0.505 e. The van der Waals surface area contributed by atoms with Crippen LogP contribution in [0.1, 0.15) is 197 Å². The summed E-state index contributed by atoms with van der Waals surface area (Å²) in [6.07, 6.45) is 6.07. The molecule has 9 aromatic rings. The molecular formula is C68H89Br2N9O3. The molecule has 438 valence electrons. The number of aromatic hydroxyl groups is 1. The van der Waals surface area contributed by atoms with Crippen molar-refractivity contribution in [3.05, 3.63) is 139 Å². The van der Waals surface area contributed by atoms with Crippen LogP contribution < -0.4 is 9.47 Å². The lowest BCUT2D eigenvalue weighted by atomic mass is 9.76. The van der Waals surface area contributed by atoms with Gasteiger partial charge >= 0.3 is 0 Å². The number of hydrogen-bond acceptors (Lipinski definition) is 9. The minimum Gasteiger partial charge on any atom is -0.505 e. The van der Waals surface area contributed by atoms with E-state index in [0.29, 0.717) is 5.69 Å². The van der Waals surface area contributed by atoms with Crippen LogP contribution in [0.3, 0.4) is 0 Å². The first kappa shape index (κ1) is 63.5. The summed E-state index contributed by atoms with van der Waals surface area (Å²) in [4.78, 5) is 5.02. The highest BCUT2D eigenvalue weighted by molar-refractivity contribution is 9.11. The summed E-state index contributed by atoms with van der Waals surface area (Å²) in [7, 11) is 3.47. The quantitative estimate of drug-likeness (QED) is 0.0947. The average Bonchev–Trinajstić information content (AvgIpc) is 2.78. The monoisotopic (exact) mass is 1240 g/mol. The number of methoxy groups -OCH3 is 2. The van der Waals surface area contributed by atoms with E-state index >= 15 is 0 Å². The van der Waals surface area contributed by atoms with Crippen LogP contribution >= 0.6 is 31.9 Å². The van der Waals surface area contributed by atoms with Crippen molar-refractivity contribution in [2.24, 2.45) is 0 Å². The Morgan fingerprint density at radius 1 is 0.378 bits per heavy atom. The summed E-state index contributed by atoms with van der Waals surface area (Å²) in [5.74, 6) is 1.96. The normalized spacial score (nSPS) is 12.6. The third-order valence-corrected chi connectivity index (χ3v) is 19.4. The van der Waals surface area contributed by atoms with Crippen LogP contribution in [-0.4, -0.2) is 64.3 Å². The third kappa shape index (κ3) is 12.8. The summed E-state index contributed by atoms with van der Waals surface area (Å²) >= 11 is 7.20. The molecule has 3 heterocycles. The molecule has 9 rings (SSSR count). The standard InChI is InChI=1S/C23H29Br2N3O.C23H31N3O.C22H29N3O/c1-8-22(3,4)14-12-15(23(5,6)9-2)21(29-7)18(13-14)28-26-19-16(24)10-11-17(25)20(19)27-28;1-8-22(3,4)16-14-17(23(5,6)9-2)21(27-7)20(15-16)26-24-18-12-10-11-13-19(18)25-26;1-7-21(3,4)15-13-16(22(5,6)8-2)20(26)19(14-15)25-23-17-11-9-10-12-18(17)24-25/h10-13H,8-9H2,1-7H3;10-15H,8-9H2,1-7H3;9-14,26H,7-8H2,1-6H3. The number of phenols is 1. The molecule has 0 atom stereocenters. The molecule has 0 unspecified atom stereocenters. The maximum atomic E-state index is 11.1. The van der Waals surface area contributed by atoms with E-state index in [2.05, 4.69) is 197 Å². The molecule has 14 heteroatoms. The Kier molecular flexibility index (Phi) is 19.0. The molecule has 0 aliphatic rings. The number of benzene rings is 6. The minimum absolute atomic E-state index is 0.00744. The number of nitrogens with zero attached hydrogens (tertiary/aromatic N) is 9. The van der Waals surface area contributed by atoms with Crippen LogP contribution in [0.15, 0.2) is 106 Å². The van der Waals surface area contributed by atoms with Gasteiger partial charge in [0.2, 0.25) is 0 Å². The van der Waals surface area contributed by atoms with Gasteiger partial charge in [-0.05, 0) is 174 Å². The van der Waals surface area contributed by atoms with E-state index in [0.717, 1.165) is 109 Å². The Balaban J connectivity index is 0.000000177. The molecule has 0 aliphatic heterocycles. The van der Waals surface area contributed by atoms with Gasteiger partial charge in [0.15, 0.2) is 0 Å². The number of halogens is 2. The fourth-order valence-electron chi connectivity index (χ4n) is 9.58. The van der Waals surface area contributed by atoms with Crippen molar-refractivity contribution >= 4 is 65.0 Å². The molecule has 1 N–H and O–H groups in total. The molecule has 6 aromatic carbocycles. The minimum atomic E-state index is -0.134. The van der Waals surface area contributed by atoms with Gasteiger partial charge in [-0.15, -0.1) is 45.0 Å². The van der Waals surface area contributed by atoms with Crippen molar-refractivity contribution in [3.63, 3.8) is 0 Å². The molecule has 0 saturated heterocycles. The van der Waals surface area contributed by atoms with Crippen LogP contribution in [0.25, 0.3) is 50.2 Å². The van der Waals surface area contributed by atoms with Crippen molar-refractivity contribution in [1.29, 1.82) is 0 Å². The van der Waals surface area contributed by atoms with E-state index in [1.54, 1.807) is 28.6 Å². The number of fused-ring (bicyclic) bond motifs is 3. The lowest BCUT2D eigenvalue weighted by Gasteiger charge is -2.31. The van der Waals surface area contributed by atoms with E-state index in [1.807, 2.05) is 66.7 Å². The van der Waals surface area contributed by atoms with Crippen molar-refractivity contribution in [3.8, 4) is 34.3 Å². The maximum Gasteiger partial charge on any atom is 0.150 e. The highest BCUT2D eigenvalue weighted by atomic mass is 79.9. The highest BCUT2D eigenvalue weighted by Gasteiger charge is 2.33. The summed E-state index contributed by atoms with van der Waals surface area (Å²) in [5.41, 5.74) is 14.5. The van der Waals surface area contributed by atoms with Crippen LogP contribution in [0, 0.1) is 0 Å². The fraction of sp³-hybridized carbons (Fsp3) is 0.471. The van der Waals surface area contributed by atoms with Crippen molar-refractivity contribution in [2.75, 3.05) is 14.2 Å². The summed E-state index contributed by atoms with van der Waals surface area (Å²) < 4.78 is 13.7. The molecule has 0 spiro atoms. The third-order valence-electron chi connectivity index (χ3n) is 18.1. The SMILES string of the molecule is CCC(C)(C)c1cc(-n2nc3c(Br)ccc(Br)c3n2)c(OC)c(C(C)(C)CC)c1.CCC(C)(C)c1cc(-n2nc3ccccc3n2)c(O)c(C(C)(C)CC)c1.CCC(C)(C)c1cc(-n2nc3ccccc3n2)c(OC)c(C(C)(C)CC)c1. The summed E-state index contributed by atoms with van der Waals surface area (Å²) in [5, 5.41) is 39.3. The Morgan fingerprint density at radius 3 is 0.951 bits per heavy atom. The summed E-state index contributed by atoms with van der Waals surface area (Å²) in [6, 6.07) is 32.9. The first-order valence-corrected chi connectivity index (χ1v) is 30.8. The first-order valence-electron chi connectivity index (χ1n) is 29.2. The molecule has 3 aromatic heterocycles. The van der Waals surface area contributed by atoms with Gasteiger partial charge in [0, 0.05) is 25.6 Å². The molecular weight excluding hydrogens is 1150 g/mol. The zero-order valence-electron chi connectivity index (χ0n) is 52.5. The fourth-order valence-corrected chi connectivity index (χ4v) is 10.4. The highest BCUT2D eigenvalue weighted by Crippen LogP contribution is 2.45. The smallest absolute Gasteiger partial charge is 0.150 e. The van der Waals surface area contributed by atoms with Crippen molar-refractivity contribution < 1.29 is 14.6 Å². The second-order valence-electron chi connectivity index (χ2n) is 25.6. The predicted molar refractivity (Wildman–Crippen MR) is 347 cm³/mol. The number of rotatable bonds is 17. The average molecular weight is 1240 g/mol. The molecule has 0 bridgehead atoms. The number of aromatic nitrogens is 9. The molecule has 0 aliphatic carbocycles. The van der Waals surface area contributed by atoms with Gasteiger partial charge in [-0.25, -0.2) is 0 Å². The Labute approximate surface area is 505 Å². The van der Waals surface area contributed by atoms with Gasteiger partial charge in [-0.3, -0.25) is 0 Å². The first-order chi connectivity index (χ1) is 38.5. The van der Waals surface area contributed by atoms with Gasteiger partial charge in [-0.2, -0.15) is 0 Å². The number of phenolic OH excluding ortho intramolecular Hbond substituents is 1. The molecule has 0 saturated carbocycles. The zero-order valence-corrected chi connectivity index (χ0v) is 55.7. The van der Waals surface area contributed by atoms with Gasteiger partial charge in [0.1, 0.15) is 67.4 Å². The van der Waals surface area contributed by atoms with Crippen LogP contribution in [0.2, 0.25) is 0 Å². The van der Waals surface area contributed by atoms with Gasteiger partial charge in [-0.1, -0.05) is 167 Å². The van der Waals surface area contributed by atoms with E-state index < -0.39 is 0 Å². The van der Waals surface area contributed by atoms with E-state index in [-0.39, 0.29) is 38.2 Å². The summed E-state index contributed by atoms with van der Waals surface area (Å²) in [6.45, 7) is 40.2. The van der Waals surface area contributed by atoms with E-state index in [4.69, 9.17) is 29.9 Å². The zero-order chi connectivity index (χ0) is 60.5. The van der Waals surface area contributed by atoms with Crippen molar-refractivity contribution in [2.45, 2.75) is 196 Å². The lowest BCUT2D eigenvalue weighted by Crippen LogP contribution is -2.22. The van der Waals surface area contributed by atoms with Crippen molar-refractivity contribution in [1.82, 2.24) is 45.0 Å². The number of ether oxygens (including phenoxy) is 2. The predicted octanol–water partition coefficient (Wildman–Crippen LogP) is 18.6. The molecule has 82 heavy (non-hydrogen) atoms. The molecule has 0 amide bonds. The van der Waals surface area contributed by atoms with E-state index in [1.165, 1.54) is 27.8 Å². The van der Waals surface area contributed by atoms with Crippen LogP contribution in [0.5, 0.6) is 17.2 Å². The Hall–Kier alpha value is -6.12. The van der Waals surface area contributed by atoms with Gasteiger partial charge in [0.25, 0.3) is 0 Å². The van der Waals surface area contributed by atoms with E-state index in [9.17, 15) is 5.11 Å². The van der Waals surface area contributed by atoms with Crippen LogP contribution in [-0.2, 0) is 32.5 Å².